The molecule has 8 nitrogen and oxygen atoms in total. The van der Waals surface area contributed by atoms with Crippen molar-refractivity contribution in [2.24, 2.45) is 5.92 Å². The number of nitro benzene ring substituents is 1. The summed E-state index contributed by atoms with van der Waals surface area (Å²) in [6.45, 7) is 6.39. The highest BCUT2D eigenvalue weighted by Gasteiger charge is 2.24. The zero-order valence-corrected chi connectivity index (χ0v) is 16.8. The molecule has 0 aliphatic heterocycles. The van der Waals surface area contributed by atoms with Gasteiger partial charge in [0.25, 0.3) is 11.6 Å². The summed E-state index contributed by atoms with van der Waals surface area (Å²) in [6.07, 6.45) is 0. The van der Waals surface area contributed by atoms with Crippen LogP contribution in [0.5, 0.6) is 0 Å². The van der Waals surface area contributed by atoms with Gasteiger partial charge < -0.3 is 16.0 Å². The Kier molecular flexibility index (Phi) is 7.70. The van der Waals surface area contributed by atoms with Gasteiger partial charge in [-0.15, -0.1) is 0 Å². The average molecular weight is 398 g/mol. The second-order valence-electron chi connectivity index (χ2n) is 7.03. The fourth-order valence-electron chi connectivity index (χ4n) is 2.79. The predicted octanol–water partition coefficient (Wildman–Crippen LogP) is 2.89. The maximum absolute atomic E-state index is 12.5. The van der Waals surface area contributed by atoms with Gasteiger partial charge in [0.15, 0.2) is 0 Å². The third-order valence-electron chi connectivity index (χ3n) is 4.46. The molecule has 0 bridgehead atoms. The Morgan fingerprint density at radius 1 is 1.03 bits per heavy atom. The first-order chi connectivity index (χ1) is 13.8. The van der Waals surface area contributed by atoms with Crippen LogP contribution in [0.2, 0.25) is 0 Å². The van der Waals surface area contributed by atoms with Gasteiger partial charge in [0.2, 0.25) is 5.91 Å². The lowest BCUT2D eigenvalue weighted by molar-refractivity contribution is -0.384. The molecule has 0 saturated heterocycles. The Labute approximate surface area is 169 Å². The number of aryl methyl sites for hydroxylation is 1. The van der Waals surface area contributed by atoms with Gasteiger partial charge in [-0.1, -0.05) is 32.0 Å². The minimum atomic E-state index is -0.651. The maximum Gasteiger partial charge on any atom is 0.269 e. The number of nitrogens with one attached hydrogen (secondary N) is 3. The SMILES string of the molecule is Cc1ccccc1C(=O)NC(C(=O)NCCNc1ccc([N+](=O)[O-])cc1)C(C)C. The third kappa shape index (κ3) is 6.31. The van der Waals surface area contributed by atoms with Crippen LogP contribution in [0, 0.1) is 23.0 Å². The molecule has 3 N–H and O–H groups in total. The molecule has 0 saturated carbocycles. The fourth-order valence-corrected chi connectivity index (χ4v) is 2.79. The third-order valence-corrected chi connectivity index (χ3v) is 4.46. The molecule has 1 unspecified atom stereocenters. The molecule has 0 radical (unpaired) electrons. The van der Waals surface area contributed by atoms with Crippen molar-refractivity contribution in [3.63, 3.8) is 0 Å². The van der Waals surface area contributed by atoms with Crippen molar-refractivity contribution >= 4 is 23.2 Å². The Balaban J connectivity index is 1.85. The number of carbonyl (C=O) groups is 2. The van der Waals surface area contributed by atoms with E-state index < -0.39 is 11.0 Å². The number of non-ortho nitro benzene ring substituents is 1. The van der Waals surface area contributed by atoms with Crippen molar-refractivity contribution in [1.82, 2.24) is 10.6 Å². The van der Waals surface area contributed by atoms with Crippen molar-refractivity contribution in [1.29, 1.82) is 0 Å². The molecule has 0 aromatic heterocycles. The van der Waals surface area contributed by atoms with Gasteiger partial charge in [0, 0.05) is 36.5 Å². The molecule has 2 aromatic rings. The zero-order chi connectivity index (χ0) is 21.4. The summed E-state index contributed by atoms with van der Waals surface area (Å²) in [4.78, 5) is 35.3. The lowest BCUT2D eigenvalue weighted by atomic mass is 10.0. The number of hydrogen-bond donors (Lipinski definition) is 3. The number of nitrogens with zero attached hydrogens (tertiary/aromatic N) is 1. The second-order valence-corrected chi connectivity index (χ2v) is 7.03. The van der Waals surface area contributed by atoms with Crippen molar-refractivity contribution in [2.75, 3.05) is 18.4 Å². The smallest absolute Gasteiger partial charge is 0.269 e. The number of hydrogen-bond acceptors (Lipinski definition) is 5. The molecule has 29 heavy (non-hydrogen) atoms. The summed E-state index contributed by atoms with van der Waals surface area (Å²) in [6, 6.07) is 12.6. The monoisotopic (exact) mass is 398 g/mol. The fraction of sp³-hybridized carbons (Fsp3) is 0.333. The summed E-state index contributed by atoms with van der Waals surface area (Å²) < 4.78 is 0. The van der Waals surface area contributed by atoms with Gasteiger partial charge >= 0.3 is 0 Å². The molecule has 8 heteroatoms. The molecule has 0 spiro atoms. The molecule has 2 aromatic carbocycles. The minimum Gasteiger partial charge on any atom is -0.383 e. The summed E-state index contributed by atoms with van der Waals surface area (Å²) in [5.41, 5.74) is 2.14. The molecule has 2 rings (SSSR count). The Bertz CT molecular complexity index is 865. The maximum atomic E-state index is 12.5. The van der Waals surface area contributed by atoms with Gasteiger partial charge in [-0.25, -0.2) is 0 Å². The molecular formula is C21H26N4O4. The summed E-state index contributed by atoms with van der Waals surface area (Å²) in [7, 11) is 0. The summed E-state index contributed by atoms with van der Waals surface area (Å²) >= 11 is 0. The first kappa shape index (κ1) is 21.9. The first-order valence-corrected chi connectivity index (χ1v) is 9.42. The highest BCUT2D eigenvalue weighted by Crippen LogP contribution is 2.15. The number of nitro groups is 1. The van der Waals surface area contributed by atoms with Gasteiger partial charge in [0.05, 0.1) is 4.92 Å². The number of anilines is 1. The molecule has 1 atom stereocenters. The normalized spacial score (nSPS) is 11.6. The second kappa shape index (κ2) is 10.2. The van der Waals surface area contributed by atoms with Crippen LogP contribution in [-0.4, -0.2) is 35.9 Å². The number of amides is 2. The summed E-state index contributed by atoms with van der Waals surface area (Å²) in [5.74, 6) is -0.612. The van der Waals surface area contributed by atoms with E-state index in [0.29, 0.717) is 18.7 Å². The summed E-state index contributed by atoms with van der Waals surface area (Å²) in [5, 5.41) is 19.4. The van der Waals surface area contributed by atoms with E-state index in [9.17, 15) is 19.7 Å². The van der Waals surface area contributed by atoms with Crippen LogP contribution < -0.4 is 16.0 Å². The Hall–Kier alpha value is -3.42. The van der Waals surface area contributed by atoms with E-state index >= 15 is 0 Å². The van der Waals surface area contributed by atoms with Crippen LogP contribution >= 0.6 is 0 Å². The lowest BCUT2D eigenvalue weighted by Gasteiger charge is -2.22. The van der Waals surface area contributed by atoms with E-state index in [1.54, 1.807) is 24.3 Å². The molecule has 0 aliphatic carbocycles. The van der Waals surface area contributed by atoms with Crippen LogP contribution in [0.3, 0.4) is 0 Å². The molecule has 0 aliphatic rings. The molecule has 2 amide bonds. The van der Waals surface area contributed by atoms with Gasteiger partial charge in [-0.05, 0) is 36.6 Å². The molecule has 0 heterocycles. The lowest BCUT2D eigenvalue weighted by Crippen LogP contribution is -2.50. The van der Waals surface area contributed by atoms with Crippen LogP contribution in [0.4, 0.5) is 11.4 Å². The molecule has 154 valence electrons. The minimum absolute atomic E-state index is 0.0213. The number of rotatable bonds is 9. The van der Waals surface area contributed by atoms with Gasteiger partial charge in [-0.2, -0.15) is 0 Å². The van der Waals surface area contributed by atoms with Gasteiger partial charge in [0.1, 0.15) is 6.04 Å². The van der Waals surface area contributed by atoms with E-state index in [4.69, 9.17) is 0 Å². The van der Waals surface area contributed by atoms with Crippen molar-refractivity contribution < 1.29 is 14.5 Å². The van der Waals surface area contributed by atoms with Crippen molar-refractivity contribution in [3.05, 3.63) is 69.8 Å². The largest absolute Gasteiger partial charge is 0.383 e. The highest BCUT2D eigenvalue weighted by molar-refractivity contribution is 5.98. The Morgan fingerprint density at radius 2 is 1.69 bits per heavy atom. The van der Waals surface area contributed by atoms with E-state index in [2.05, 4.69) is 16.0 Å². The standard InChI is InChI=1S/C21H26N4O4/c1-14(2)19(24-20(26)18-7-5-4-6-15(18)3)21(27)23-13-12-22-16-8-10-17(11-9-16)25(28)29/h4-11,14,19,22H,12-13H2,1-3H3,(H,23,27)(H,24,26). The van der Waals surface area contributed by atoms with Crippen LogP contribution in [0.15, 0.2) is 48.5 Å². The molecule has 0 fully saturated rings. The van der Waals surface area contributed by atoms with E-state index in [1.165, 1.54) is 12.1 Å². The first-order valence-electron chi connectivity index (χ1n) is 9.42. The van der Waals surface area contributed by atoms with E-state index in [-0.39, 0.29) is 23.4 Å². The highest BCUT2D eigenvalue weighted by atomic mass is 16.6. The van der Waals surface area contributed by atoms with E-state index in [1.807, 2.05) is 32.9 Å². The number of carbonyl (C=O) groups excluding carboxylic acids is 2. The topological polar surface area (TPSA) is 113 Å². The molecular weight excluding hydrogens is 372 g/mol. The van der Waals surface area contributed by atoms with Crippen molar-refractivity contribution in [2.45, 2.75) is 26.8 Å². The zero-order valence-electron chi connectivity index (χ0n) is 16.8. The van der Waals surface area contributed by atoms with Crippen LogP contribution in [0.25, 0.3) is 0 Å². The average Bonchev–Trinajstić information content (AvgIpc) is 2.69. The quantitative estimate of drug-likeness (QED) is 0.341. The Morgan fingerprint density at radius 3 is 2.28 bits per heavy atom. The van der Waals surface area contributed by atoms with Gasteiger partial charge in [-0.3, -0.25) is 19.7 Å². The predicted molar refractivity (Wildman–Crippen MR) is 112 cm³/mol. The number of benzene rings is 2. The van der Waals surface area contributed by atoms with E-state index in [0.717, 1.165) is 11.3 Å². The van der Waals surface area contributed by atoms with Crippen molar-refractivity contribution in [3.8, 4) is 0 Å². The van der Waals surface area contributed by atoms with Crippen LogP contribution in [0.1, 0.15) is 29.8 Å². The van der Waals surface area contributed by atoms with Crippen LogP contribution in [-0.2, 0) is 4.79 Å².